The monoisotopic (exact) mass is 251 g/mol. The molecule has 0 N–H and O–H groups in total. The van der Waals surface area contributed by atoms with Crippen LogP contribution in [0.4, 0.5) is 10.5 Å². The third kappa shape index (κ3) is 5.08. The highest BCUT2D eigenvalue weighted by Crippen LogP contribution is 2.18. The number of carbonyl (C=O) groups is 1. The summed E-state index contributed by atoms with van der Waals surface area (Å²) in [6.45, 7) is 2.48. The summed E-state index contributed by atoms with van der Waals surface area (Å²) in [5, 5.41) is 0. The summed E-state index contributed by atoms with van der Waals surface area (Å²) in [5.74, 6) is 0. The second-order valence-electron chi connectivity index (χ2n) is 4.04. The Kier molecular flexibility index (Phi) is 6.69. The lowest BCUT2D eigenvalue weighted by Crippen LogP contribution is -2.29. The average molecular weight is 251 g/mol. The maximum atomic E-state index is 9.74. The highest BCUT2D eigenvalue weighted by molar-refractivity contribution is 5.59. The zero-order valence-electron chi connectivity index (χ0n) is 11.1. The minimum atomic E-state index is -0.657. The lowest BCUT2D eigenvalue weighted by atomic mass is 10.1. The summed E-state index contributed by atoms with van der Waals surface area (Å²) in [6.07, 6.45) is 3.46. The Balaban J connectivity index is 0.000000232. The minimum Gasteiger partial charge on any atom is -0.438 e. The predicted molar refractivity (Wildman–Crippen MR) is 71.9 cm³/mol. The van der Waals surface area contributed by atoms with Crippen LogP contribution in [0.1, 0.15) is 19.3 Å². The van der Waals surface area contributed by atoms with Gasteiger partial charge in [-0.05, 0) is 31.4 Å². The van der Waals surface area contributed by atoms with Gasteiger partial charge in [-0.3, -0.25) is 0 Å². The molecule has 4 heteroatoms. The molecule has 1 fully saturated rings. The molecule has 1 saturated heterocycles. The zero-order chi connectivity index (χ0) is 13.2. The summed E-state index contributed by atoms with van der Waals surface area (Å²) in [5.41, 5.74) is 1.39. The van der Waals surface area contributed by atoms with Crippen LogP contribution >= 0.6 is 0 Å². The van der Waals surface area contributed by atoms with E-state index in [0.29, 0.717) is 0 Å². The third-order valence-corrected chi connectivity index (χ3v) is 2.81. The highest BCUT2D eigenvalue weighted by Gasteiger charge is 2.09. The van der Waals surface area contributed by atoms with E-state index in [4.69, 9.17) is 0 Å². The first kappa shape index (κ1) is 14.4. The van der Waals surface area contributed by atoms with Crippen LogP contribution in [0.3, 0.4) is 0 Å². The first-order chi connectivity index (χ1) is 8.77. The molecule has 1 aliphatic rings. The van der Waals surface area contributed by atoms with Gasteiger partial charge in [-0.15, -0.1) is 0 Å². The lowest BCUT2D eigenvalue weighted by Gasteiger charge is -2.28. The van der Waals surface area contributed by atoms with Gasteiger partial charge in [0, 0.05) is 18.8 Å². The Morgan fingerprint density at radius 1 is 1.00 bits per heavy atom. The van der Waals surface area contributed by atoms with E-state index in [2.05, 4.69) is 44.7 Å². The molecule has 0 radical (unpaired) electrons. The fourth-order valence-corrected chi connectivity index (χ4v) is 1.87. The summed E-state index contributed by atoms with van der Waals surface area (Å²) in [6, 6.07) is 10.7. The van der Waals surface area contributed by atoms with Crippen molar-refractivity contribution in [2.24, 2.45) is 0 Å². The normalized spacial score (nSPS) is 14.2. The SMILES string of the molecule is COC(=O)OC.c1ccc(N2CCCCC2)cc1. The molecule has 1 aliphatic heterocycles. The molecule has 2 rings (SSSR count). The van der Waals surface area contributed by atoms with Crippen molar-refractivity contribution in [3.05, 3.63) is 30.3 Å². The lowest BCUT2D eigenvalue weighted by molar-refractivity contribution is 0.0924. The van der Waals surface area contributed by atoms with Crippen molar-refractivity contribution in [3.8, 4) is 0 Å². The van der Waals surface area contributed by atoms with Crippen molar-refractivity contribution in [2.45, 2.75) is 19.3 Å². The Morgan fingerprint density at radius 3 is 2.00 bits per heavy atom. The maximum absolute atomic E-state index is 9.74. The van der Waals surface area contributed by atoms with Crippen molar-refractivity contribution >= 4 is 11.8 Å². The molecule has 0 aliphatic carbocycles. The van der Waals surface area contributed by atoms with Crippen LogP contribution in [0.25, 0.3) is 0 Å². The second-order valence-corrected chi connectivity index (χ2v) is 4.04. The quantitative estimate of drug-likeness (QED) is 0.719. The zero-order valence-corrected chi connectivity index (χ0v) is 11.1. The topological polar surface area (TPSA) is 38.8 Å². The molecular formula is C14H21NO3. The van der Waals surface area contributed by atoms with Gasteiger partial charge in [0.15, 0.2) is 0 Å². The number of anilines is 1. The number of ether oxygens (including phenoxy) is 2. The summed E-state index contributed by atoms with van der Waals surface area (Å²) in [4.78, 5) is 12.2. The van der Waals surface area contributed by atoms with Gasteiger partial charge < -0.3 is 14.4 Å². The number of methoxy groups -OCH3 is 2. The van der Waals surface area contributed by atoms with E-state index >= 15 is 0 Å². The van der Waals surface area contributed by atoms with Crippen molar-refractivity contribution in [1.29, 1.82) is 0 Å². The maximum Gasteiger partial charge on any atom is 0.507 e. The number of hydrogen-bond acceptors (Lipinski definition) is 4. The van der Waals surface area contributed by atoms with Gasteiger partial charge >= 0.3 is 6.16 Å². The fraction of sp³-hybridized carbons (Fsp3) is 0.500. The molecule has 100 valence electrons. The van der Waals surface area contributed by atoms with E-state index in [-0.39, 0.29) is 0 Å². The van der Waals surface area contributed by atoms with E-state index in [1.54, 1.807) is 0 Å². The average Bonchev–Trinajstić information content (AvgIpc) is 2.49. The molecule has 0 aromatic heterocycles. The van der Waals surface area contributed by atoms with Gasteiger partial charge in [0.05, 0.1) is 14.2 Å². The Labute approximate surface area is 108 Å². The first-order valence-corrected chi connectivity index (χ1v) is 6.20. The van der Waals surface area contributed by atoms with Gasteiger partial charge in [0.2, 0.25) is 0 Å². The molecule has 0 amide bonds. The van der Waals surface area contributed by atoms with Gasteiger partial charge in [-0.1, -0.05) is 18.2 Å². The number of hydrogen-bond donors (Lipinski definition) is 0. The number of rotatable bonds is 1. The molecule has 1 aromatic carbocycles. The highest BCUT2D eigenvalue weighted by atomic mass is 16.7. The van der Waals surface area contributed by atoms with Crippen molar-refractivity contribution in [3.63, 3.8) is 0 Å². The van der Waals surface area contributed by atoms with Crippen LogP contribution in [-0.2, 0) is 9.47 Å². The van der Waals surface area contributed by atoms with Crippen LogP contribution in [0, 0.1) is 0 Å². The molecule has 0 atom stereocenters. The number of benzene rings is 1. The fourth-order valence-electron chi connectivity index (χ4n) is 1.87. The number of piperidine rings is 1. The van der Waals surface area contributed by atoms with Crippen molar-refractivity contribution in [2.75, 3.05) is 32.2 Å². The van der Waals surface area contributed by atoms with E-state index < -0.39 is 6.16 Å². The van der Waals surface area contributed by atoms with Gasteiger partial charge in [0.25, 0.3) is 0 Å². The Morgan fingerprint density at radius 2 is 1.56 bits per heavy atom. The van der Waals surface area contributed by atoms with Crippen LogP contribution in [0.15, 0.2) is 30.3 Å². The van der Waals surface area contributed by atoms with Crippen LogP contribution < -0.4 is 4.90 Å². The second kappa shape index (κ2) is 8.39. The molecule has 4 nitrogen and oxygen atoms in total. The molecule has 18 heavy (non-hydrogen) atoms. The Bertz CT molecular complexity index is 328. The van der Waals surface area contributed by atoms with E-state index in [0.717, 1.165) is 0 Å². The molecule has 1 aromatic rings. The van der Waals surface area contributed by atoms with Gasteiger partial charge in [-0.2, -0.15) is 0 Å². The predicted octanol–water partition coefficient (Wildman–Crippen LogP) is 3.08. The smallest absolute Gasteiger partial charge is 0.438 e. The summed E-state index contributed by atoms with van der Waals surface area (Å²) < 4.78 is 8.08. The molecule has 0 unspecified atom stereocenters. The molecule has 0 spiro atoms. The molecule has 0 bridgehead atoms. The molecular weight excluding hydrogens is 230 g/mol. The minimum absolute atomic E-state index is 0.657. The summed E-state index contributed by atoms with van der Waals surface area (Å²) in [7, 11) is 2.51. The number of nitrogens with zero attached hydrogens (tertiary/aromatic N) is 1. The van der Waals surface area contributed by atoms with Crippen LogP contribution in [-0.4, -0.2) is 33.5 Å². The standard InChI is InChI=1S/C11H15N.C3H6O3/c1-3-7-11(8-4-1)12-9-5-2-6-10-12;1-5-3(4)6-2/h1,3-4,7-8H,2,5-6,9-10H2;1-2H3. The number of para-hydroxylation sites is 1. The third-order valence-electron chi connectivity index (χ3n) is 2.81. The van der Waals surface area contributed by atoms with Crippen molar-refractivity contribution < 1.29 is 14.3 Å². The van der Waals surface area contributed by atoms with Gasteiger partial charge in [0.1, 0.15) is 0 Å². The molecule has 1 heterocycles. The van der Waals surface area contributed by atoms with Crippen LogP contribution in [0.5, 0.6) is 0 Å². The van der Waals surface area contributed by atoms with E-state index in [1.165, 1.54) is 52.3 Å². The Hall–Kier alpha value is -1.71. The molecule has 0 saturated carbocycles. The van der Waals surface area contributed by atoms with E-state index in [1.807, 2.05) is 0 Å². The van der Waals surface area contributed by atoms with Gasteiger partial charge in [-0.25, -0.2) is 4.79 Å². The largest absolute Gasteiger partial charge is 0.507 e. The van der Waals surface area contributed by atoms with Crippen LogP contribution in [0.2, 0.25) is 0 Å². The first-order valence-electron chi connectivity index (χ1n) is 6.20. The summed E-state index contributed by atoms with van der Waals surface area (Å²) >= 11 is 0. The number of carbonyl (C=O) groups excluding carboxylic acids is 1. The van der Waals surface area contributed by atoms with Crippen molar-refractivity contribution in [1.82, 2.24) is 0 Å². The van der Waals surface area contributed by atoms with E-state index in [9.17, 15) is 4.79 Å².